The zero-order valence-corrected chi connectivity index (χ0v) is 9.98. The molecule has 1 atom stereocenters. The van der Waals surface area contributed by atoms with E-state index in [0.717, 1.165) is 6.42 Å². The van der Waals surface area contributed by atoms with Crippen molar-refractivity contribution in [1.29, 1.82) is 0 Å². The summed E-state index contributed by atoms with van der Waals surface area (Å²) in [5.74, 6) is 0.545. The van der Waals surface area contributed by atoms with Crippen LogP contribution in [0, 0.1) is 0 Å². The number of nitrogens with one attached hydrogen (secondary N) is 1. The number of halogens is 1. The topological polar surface area (TPSA) is 50.7 Å². The Hall–Kier alpha value is -0.550. The highest BCUT2D eigenvalue weighted by Gasteiger charge is 2.05. The molecular formula is C8H13ClN4S. The Morgan fingerprint density at radius 2 is 2.14 bits per heavy atom. The standard InChI is InChI=1S/C8H13ClN4S/c1-4-5(2)10-7-11-6(9)12-8(13-7)14-3/h5H,4H2,1-3H3,(H,10,11,12,13). The molecule has 0 amide bonds. The molecule has 0 spiro atoms. The van der Waals surface area contributed by atoms with Crippen molar-refractivity contribution in [2.45, 2.75) is 31.5 Å². The van der Waals surface area contributed by atoms with Crippen molar-refractivity contribution >= 4 is 29.3 Å². The van der Waals surface area contributed by atoms with Crippen molar-refractivity contribution in [2.75, 3.05) is 11.6 Å². The van der Waals surface area contributed by atoms with E-state index >= 15 is 0 Å². The Morgan fingerprint density at radius 1 is 1.43 bits per heavy atom. The van der Waals surface area contributed by atoms with Gasteiger partial charge in [0.15, 0.2) is 5.16 Å². The molecule has 0 aliphatic rings. The van der Waals surface area contributed by atoms with E-state index in [9.17, 15) is 0 Å². The molecule has 0 fully saturated rings. The van der Waals surface area contributed by atoms with Gasteiger partial charge in [-0.3, -0.25) is 0 Å². The number of nitrogens with zero attached hydrogens (tertiary/aromatic N) is 3. The maximum absolute atomic E-state index is 5.74. The lowest BCUT2D eigenvalue weighted by atomic mass is 10.3. The van der Waals surface area contributed by atoms with Gasteiger partial charge in [-0.05, 0) is 31.2 Å². The van der Waals surface area contributed by atoms with Gasteiger partial charge in [-0.15, -0.1) is 0 Å². The summed E-state index contributed by atoms with van der Waals surface area (Å²) < 4.78 is 0. The predicted octanol–water partition coefficient (Wildman–Crippen LogP) is 2.46. The first-order valence-corrected chi connectivity index (χ1v) is 5.98. The number of anilines is 1. The minimum absolute atomic E-state index is 0.232. The van der Waals surface area contributed by atoms with Crippen LogP contribution in [0.25, 0.3) is 0 Å². The number of hydrogen-bond donors (Lipinski definition) is 1. The SMILES string of the molecule is CCC(C)Nc1nc(Cl)nc(SC)n1. The molecular weight excluding hydrogens is 220 g/mol. The van der Waals surface area contributed by atoms with Crippen LogP contribution in [0.4, 0.5) is 5.95 Å². The molecule has 0 aliphatic carbocycles. The fraction of sp³-hybridized carbons (Fsp3) is 0.625. The van der Waals surface area contributed by atoms with E-state index in [4.69, 9.17) is 11.6 Å². The first-order chi connectivity index (χ1) is 6.65. The fourth-order valence-corrected chi connectivity index (χ4v) is 1.38. The first-order valence-electron chi connectivity index (χ1n) is 4.37. The van der Waals surface area contributed by atoms with Crippen molar-refractivity contribution in [2.24, 2.45) is 0 Å². The summed E-state index contributed by atoms with van der Waals surface area (Å²) in [7, 11) is 0. The normalized spacial score (nSPS) is 12.6. The lowest BCUT2D eigenvalue weighted by molar-refractivity contribution is 0.743. The van der Waals surface area contributed by atoms with Gasteiger partial charge in [-0.2, -0.15) is 15.0 Å². The highest BCUT2D eigenvalue weighted by molar-refractivity contribution is 7.98. The number of rotatable bonds is 4. The average Bonchev–Trinajstić information content (AvgIpc) is 2.16. The first kappa shape index (κ1) is 11.5. The smallest absolute Gasteiger partial charge is 0.228 e. The molecule has 1 N–H and O–H groups in total. The van der Waals surface area contributed by atoms with Crippen LogP contribution in [0.1, 0.15) is 20.3 Å². The Bertz CT molecular complexity index is 307. The molecule has 0 radical (unpaired) electrons. The quantitative estimate of drug-likeness (QED) is 0.809. The van der Waals surface area contributed by atoms with E-state index in [1.165, 1.54) is 11.8 Å². The van der Waals surface area contributed by atoms with Gasteiger partial charge in [-0.1, -0.05) is 18.7 Å². The van der Waals surface area contributed by atoms with Gasteiger partial charge in [-0.25, -0.2) is 0 Å². The summed E-state index contributed by atoms with van der Waals surface area (Å²) in [4.78, 5) is 12.1. The molecule has 0 bridgehead atoms. The van der Waals surface area contributed by atoms with Crippen molar-refractivity contribution in [3.63, 3.8) is 0 Å². The molecule has 1 aromatic rings. The van der Waals surface area contributed by atoms with Crippen molar-refractivity contribution in [3.8, 4) is 0 Å². The molecule has 0 aromatic carbocycles. The molecule has 0 aliphatic heterocycles. The zero-order valence-electron chi connectivity index (χ0n) is 8.41. The second-order valence-electron chi connectivity index (χ2n) is 2.87. The van der Waals surface area contributed by atoms with Gasteiger partial charge in [0.25, 0.3) is 0 Å². The van der Waals surface area contributed by atoms with Crippen molar-refractivity contribution in [3.05, 3.63) is 5.28 Å². The molecule has 1 unspecified atom stereocenters. The maximum atomic E-state index is 5.74. The Balaban J connectivity index is 2.81. The van der Waals surface area contributed by atoms with Crippen LogP contribution in [0.5, 0.6) is 0 Å². The number of aromatic nitrogens is 3. The second-order valence-corrected chi connectivity index (χ2v) is 3.98. The molecule has 78 valence electrons. The van der Waals surface area contributed by atoms with Gasteiger partial charge in [0, 0.05) is 6.04 Å². The molecule has 14 heavy (non-hydrogen) atoms. The highest BCUT2D eigenvalue weighted by atomic mass is 35.5. The third-order valence-corrected chi connectivity index (χ3v) is 2.47. The van der Waals surface area contributed by atoms with Gasteiger partial charge in [0.2, 0.25) is 11.2 Å². The second kappa shape index (κ2) is 5.36. The molecule has 1 heterocycles. The summed E-state index contributed by atoms with van der Waals surface area (Å²) in [5, 5.41) is 4.01. The molecule has 0 saturated heterocycles. The van der Waals surface area contributed by atoms with E-state index < -0.39 is 0 Å². The predicted molar refractivity (Wildman–Crippen MR) is 60.0 cm³/mol. The Morgan fingerprint density at radius 3 is 2.71 bits per heavy atom. The van der Waals surface area contributed by atoms with Gasteiger partial charge in [0.1, 0.15) is 0 Å². The van der Waals surface area contributed by atoms with Crippen LogP contribution in [0.15, 0.2) is 5.16 Å². The summed E-state index contributed by atoms with van der Waals surface area (Å²) in [6.45, 7) is 4.16. The van der Waals surface area contributed by atoms with Crippen LogP contribution in [0.3, 0.4) is 0 Å². The Labute approximate surface area is 92.9 Å². The van der Waals surface area contributed by atoms with Gasteiger partial charge < -0.3 is 5.32 Å². The van der Waals surface area contributed by atoms with Crippen LogP contribution in [-0.2, 0) is 0 Å². The third-order valence-electron chi connectivity index (χ3n) is 1.76. The molecule has 4 nitrogen and oxygen atoms in total. The number of hydrogen-bond acceptors (Lipinski definition) is 5. The minimum Gasteiger partial charge on any atom is -0.352 e. The average molecular weight is 233 g/mol. The van der Waals surface area contributed by atoms with E-state index in [-0.39, 0.29) is 5.28 Å². The summed E-state index contributed by atoms with van der Waals surface area (Å²) in [6.07, 6.45) is 2.91. The molecule has 0 saturated carbocycles. The van der Waals surface area contributed by atoms with E-state index in [2.05, 4.69) is 34.1 Å². The van der Waals surface area contributed by atoms with Crippen LogP contribution in [0.2, 0.25) is 5.28 Å². The van der Waals surface area contributed by atoms with E-state index in [1.54, 1.807) is 0 Å². The zero-order chi connectivity index (χ0) is 10.6. The minimum atomic E-state index is 0.232. The van der Waals surface area contributed by atoms with Gasteiger partial charge >= 0.3 is 0 Å². The highest BCUT2D eigenvalue weighted by Crippen LogP contribution is 2.14. The number of thioether (sulfide) groups is 1. The van der Waals surface area contributed by atoms with Crippen LogP contribution < -0.4 is 5.32 Å². The molecule has 6 heteroatoms. The lowest BCUT2D eigenvalue weighted by Crippen LogP contribution is -2.16. The monoisotopic (exact) mass is 232 g/mol. The van der Waals surface area contributed by atoms with Crippen LogP contribution in [-0.4, -0.2) is 27.2 Å². The summed E-state index contributed by atoms with van der Waals surface area (Å²) in [6, 6.07) is 0.336. The fourth-order valence-electron chi connectivity index (χ4n) is 0.810. The Kier molecular flexibility index (Phi) is 4.41. The molecule has 1 aromatic heterocycles. The van der Waals surface area contributed by atoms with Crippen molar-refractivity contribution in [1.82, 2.24) is 15.0 Å². The largest absolute Gasteiger partial charge is 0.352 e. The summed E-state index contributed by atoms with van der Waals surface area (Å²) in [5.41, 5.74) is 0. The van der Waals surface area contributed by atoms with E-state index in [1.807, 2.05) is 6.26 Å². The third kappa shape index (κ3) is 3.31. The van der Waals surface area contributed by atoms with Gasteiger partial charge in [0.05, 0.1) is 0 Å². The van der Waals surface area contributed by atoms with Crippen molar-refractivity contribution < 1.29 is 0 Å². The summed E-state index contributed by atoms with van der Waals surface area (Å²) >= 11 is 7.19. The lowest BCUT2D eigenvalue weighted by Gasteiger charge is -2.11. The molecule has 1 rings (SSSR count). The van der Waals surface area contributed by atoms with E-state index in [0.29, 0.717) is 17.1 Å². The maximum Gasteiger partial charge on any atom is 0.228 e. The van der Waals surface area contributed by atoms with Crippen LogP contribution >= 0.6 is 23.4 Å².